The Balaban J connectivity index is 1.65. The van der Waals surface area contributed by atoms with Crippen molar-refractivity contribution in [3.8, 4) is 0 Å². The highest BCUT2D eigenvalue weighted by atomic mass is 16.3. The molecule has 0 spiro atoms. The van der Waals surface area contributed by atoms with Gasteiger partial charge in [0.25, 0.3) is 11.5 Å². The molecule has 4 aromatic rings. The molecule has 0 saturated carbocycles. The molecule has 2 N–H and O–H groups in total. The first-order chi connectivity index (χ1) is 13.1. The number of aromatic amines is 1. The van der Waals surface area contributed by atoms with E-state index in [1.807, 2.05) is 24.3 Å². The molecule has 0 atom stereocenters. The van der Waals surface area contributed by atoms with E-state index in [-0.39, 0.29) is 12.1 Å². The lowest BCUT2D eigenvalue weighted by molar-refractivity contribution is 0.102. The molecular weight excluding hydrogens is 348 g/mol. The number of rotatable bonds is 4. The Morgan fingerprint density at radius 2 is 2.04 bits per heavy atom. The summed E-state index contributed by atoms with van der Waals surface area (Å²) in [5, 5.41) is 3.49. The molecule has 0 radical (unpaired) electrons. The number of carbonyl (C=O) groups is 1. The van der Waals surface area contributed by atoms with Crippen molar-refractivity contribution in [2.75, 3.05) is 5.32 Å². The van der Waals surface area contributed by atoms with Crippen LogP contribution in [-0.2, 0) is 6.54 Å². The maximum Gasteiger partial charge on any atom is 0.328 e. The number of H-pyrrole nitrogens is 1. The van der Waals surface area contributed by atoms with Gasteiger partial charge in [-0.2, -0.15) is 0 Å². The van der Waals surface area contributed by atoms with Crippen molar-refractivity contribution in [1.82, 2.24) is 14.5 Å². The van der Waals surface area contributed by atoms with Crippen LogP contribution in [0.15, 0.2) is 75.1 Å². The highest BCUT2D eigenvalue weighted by molar-refractivity contribution is 6.04. The van der Waals surface area contributed by atoms with Crippen LogP contribution in [0.5, 0.6) is 0 Å². The predicted octanol–water partition coefficient (Wildman–Crippen LogP) is 1.98. The summed E-state index contributed by atoms with van der Waals surface area (Å²) in [6, 6.07) is 12.5. The molecule has 0 unspecified atom stereocenters. The van der Waals surface area contributed by atoms with Crippen LogP contribution in [0.2, 0.25) is 0 Å². The van der Waals surface area contributed by atoms with E-state index in [4.69, 9.17) is 4.42 Å². The Kier molecular flexibility index (Phi) is 4.13. The van der Waals surface area contributed by atoms with Gasteiger partial charge in [0.2, 0.25) is 0 Å². The average Bonchev–Trinajstić information content (AvgIpc) is 3.18. The first-order valence-corrected chi connectivity index (χ1v) is 8.13. The fourth-order valence-electron chi connectivity index (χ4n) is 2.71. The standard InChI is InChI=1S/C19H14N4O4/c24-17(22-13-8-12-4-1-2-6-16(12)20-9-13)15-10-21-19(26)23(18(15)25)11-14-5-3-7-27-14/h1-10H,11H2,(H,21,26)(H,22,24). The summed E-state index contributed by atoms with van der Waals surface area (Å²) in [5.41, 5.74) is -0.279. The molecule has 0 aliphatic heterocycles. The molecule has 4 rings (SSSR count). The van der Waals surface area contributed by atoms with E-state index in [9.17, 15) is 14.4 Å². The fraction of sp³-hybridized carbons (Fsp3) is 0.0526. The number of nitrogens with zero attached hydrogens (tertiary/aromatic N) is 2. The van der Waals surface area contributed by atoms with Gasteiger partial charge in [0.15, 0.2) is 0 Å². The third-order valence-electron chi connectivity index (χ3n) is 4.05. The van der Waals surface area contributed by atoms with Crippen LogP contribution in [0.1, 0.15) is 16.1 Å². The second kappa shape index (κ2) is 6.75. The number of hydrogen-bond donors (Lipinski definition) is 2. The number of pyridine rings is 1. The lowest BCUT2D eigenvalue weighted by atomic mass is 10.2. The topological polar surface area (TPSA) is 110 Å². The second-order valence-corrected chi connectivity index (χ2v) is 5.85. The maximum absolute atomic E-state index is 12.6. The lowest BCUT2D eigenvalue weighted by Gasteiger charge is -2.08. The van der Waals surface area contributed by atoms with Crippen molar-refractivity contribution in [3.63, 3.8) is 0 Å². The Morgan fingerprint density at radius 3 is 2.85 bits per heavy atom. The monoisotopic (exact) mass is 362 g/mol. The summed E-state index contributed by atoms with van der Waals surface area (Å²) in [6.07, 6.45) is 4.05. The molecule has 0 aliphatic rings. The van der Waals surface area contributed by atoms with Gasteiger partial charge in [-0.1, -0.05) is 18.2 Å². The summed E-state index contributed by atoms with van der Waals surface area (Å²) >= 11 is 0. The third-order valence-corrected chi connectivity index (χ3v) is 4.05. The van der Waals surface area contributed by atoms with Crippen molar-refractivity contribution in [1.29, 1.82) is 0 Å². The SMILES string of the molecule is O=C(Nc1cnc2ccccc2c1)c1c[nH]c(=O)n(Cc2ccco2)c1=O. The number of nitrogens with one attached hydrogen (secondary N) is 2. The normalized spacial score (nSPS) is 10.8. The molecule has 8 nitrogen and oxygen atoms in total. The molecule has 8 heteroatoms. The Hall–Kier alpha value is -3.94. The molecule has 0 aliphatic carbocycles. The first kappa shape index (κ1) is 16.5. The third kappa shape index (κ3) is 3.28. The van der Waals surface area contributed by atoms with Gasteiger partial charge in [-0.15, -0.1) is 0 Å². The van der Waals surface area contributed by atoms with Gasteiger partial charge in [0.05, 0.1) is 30.2 Å². The van der Waals surface area contributed by atoms with E-state index in [1.54, 1.807) is 18.2 Å². The van der Waals surface area contributed by atoms with E-state index in [0.717, 1.165) is 21.7 Å². The number of benzene rings is 1. The van der Waals surface area contributed by atoms with E-state index >= 15 is 0 Å². The molecule has 3 aromatic heterocycles. The Labute approximate surface area is 152 Å². The molecule has 27 heavy (non-hydrogen) atoms. The highest BCUT2D eigenvalue weighted by Gasteiger charge is 2.16. The zero-order valence-corrected chi connectivity index (χ0v) is 14.0. The maximum atomic E-state index is 12.6. The minimum absolute atomic E-state index is 0.0696. The van der Waals surface area contributed by atoms with Crippen LogP contribution in [0.25, 0.3) is 10.9 Å². The number of anilines is 1. The van der Waals surface area contributed by atoms with Gasteiger partial charge in [0.1, 0.15) is 11.3 Å². The molecule has 0 bridgehead atoms. The summed E-state index contributed by atoms with van der Waals surface area (Å²) in [7, 11) is 0. The number of fused-ring (bicyclic) bond motifs is 1. The number of carbonyl (C=O) groups excluding carboxylic acids is 1. The summed E-state index contributed by atoms with van der Waals surface area (Å²) < 4.78 is 6.07. The zero-order chi connectivity index (χ0) is 18.8. The van der Waals surface area contributed by atoms with Crippen LogP contribution < -0.4 is 16.6 Å². The molecule has 3 heterocycles. The quantitative estimate of drug-likeness (QED) is 0.577. The predicted molar refractivity (Wildman–Crippen MR) is 98.8 cm³/mol. The fourth-order valence-corrected chi connectivity index (χ4v) is 2.71. The number of para-hydroxylation sites is 1. The minimum Gasteiger partial charge on any atom is -0.467 e. The van der Waals surface area contributed by atoms with Gasteiger partial charge in [0, 0.05) is 11.6 Å². The van der Waals surface area contributed by atoms with Crippen molar-refractivity contribution >= 4 is 22.5 Å². The van der Waals surface area contributed by atoms with Gasteiger partial charge >= 0.3 is 5.69 Å². The highest BCUT2D eigenvalue weighted by Crippen LogP contribution is 2.16. The van der Waals surface area contributed by atoms with Crippen LogP contribution >= 0.6 is 0 Å². The number of hydrogen-bond acceptors (Lipinski definition) is 5. The Morgan fingerprint density at radius 1 is 1.19 bits per heavy atom. The van der Waals surface area contributed by atoms with Gasteiger partial charge in [-0.25, -0.2) is 4.79 Å². The zero-order valence-electron chi connectivity index (χ0n) is 14.0. The van der Waals surface area contributed by atoms with Crippen molar-refractivity contribution in [2.45, 2.75) is 6.54 Å². The first-order valence-electron chi connectivity index (χ1n) is 8.13. The second-order valence-electron chi connectivity index (χ2n) is 5.85. The molecular formula is C19H14N4O4. The van der Waals surface area contributed by atoms with E-state index in [0.29, 0.717) is 11.4 Å². The molecule has 0 fully saturated rings. The number of amides is 1. The Bertz CT molecular complexity index is 1240. The summed E-state index contributed by atoms with van der Waals surface area (Å²) in [4.78, 5) is 43.8. The van der Waals surface area contributed by atoms with E-state index in [2.05, 4.69) is 15.3 Å². The van der Waals surface area contributed by atoms with Crippen molar-refractivity contribution in [3.05, 3.63) is 93.3 Å². The van der Waals surface area contributed by atoms with Gasteiger partial charge in [-0.3, -0.25) is 19.1 Å². The smallest absolute Gasteiger partial charge is 0.328 e. The molecule has 134 valence electrons. The number of furan rings is 1. The molecule has 0 saturated heterocycles. The van der Waals surface area contributed by atoms with Crippen LogP contribution in [0.4, 0.5) is 5.69 Å². The summed E-state index contributed by atoms with van der Waals surface area (Å²) in [5.74, 6) is -0.208. The minimum atomic E-state index is -0.707. The van der Waals surface area contributed by atoms with Crippen LogP contribution in [0.3, 0.4) is 0 Å². The van der Waals surface area contributed by atoms with E-state index in [1.165, 1.54) is 12.5 Å². The van der Waals surface area contributed by atoms with Crippen LogP contribution in [0, 0.1) is 0 Å². The molecule has 1 aromatic carbocycles. The lowest BCUT2D eigenvalue weighted by Crippen LogP contribution is -2.39. The van der Waals surface area contributed by atoms with Gasteiger partial charge < -0.3 is 14.7 Å². The molecule has 1 amide bonds. The average molecular weight is 362 g/mol. The van der Waals surface area contributed by atoms with Crippen molar-refractivity contribution in [2.24, 2.45) is 0 Å². The van der Waals surface area contributed by atoms with Crippen LogP contribution in [-0.4, -0.2) is 20.4 Å². The largest absolute Gasteiger partial charge is 0.467 e. The van der Waals surface area contributed by atoms with E-state index < -0.39 is 17.2 Å². The summed E-state index contributed by atoms with van der Waals surface area (Å²) in [6.45, 7) is -0.0696. The van der Waals surface area contributed by atoms with Gasteiger partial charge in [-0.05, 0) is 24.3 Å². The van der Waals surface area contributed by atoms with Crippen molar-refractivity contribution < 1.29 is 9.21 Å². The number of aromatic nitrogens is 3.